The van der Waals surface area contributed by atoms with E-state index in [2.05, 4.69) is 213 Å². The van der Waals surface area contributed by atoms with Crippen LogP contribution in [0, 0.1) is 34.6 Å². The van der Waals surface area contributed by atoms with Crippen molar-refractivity contribution in [2.75, 3.05) is 20.9 Å². The van der Waals surface area contributed by atoms with Crippen LogP contribution >= 0.6 is 0 Å². The van der Waals surface area contributed by atoms with E-state index in [-0.39, 0.29) is 13.4 Å². The van der Waals surface area contributed by atoms with Crippen molar-refractivity contribution in [2.45, 2.75) is 34.6 Å². The van der Waals surface area contributed by atoms with Gasteiger partial charge in [-0.3, -0.25) is 0 Å². The Morgan fingerprint density at radius 3 is 1.95 bits per heavy atom. The highest BCUT2D eigenvalue weighted by molar-refractivity contribution is 7.02. The molecule has 0 unspecified atom stereocenters. The summed E-state index contributed by atoms with van der Waals surface area (Å²) in [5, 5.41) is 11.6. The molecule has 3 aliphatic heterocycles. The van der Waals surface area contributed by atoms with Crippen molar-refractivity contribution in [3.8, 4) is 0 Å². The second kappa shape index (κ2) is 14.2. The Hall–Kier alpha value is -6.85. The number of hydrogen-bond acceptors (Lipinski definition) is 4. The van der Waals surface area contributed by atoms with Gasteiger partial charge in [0, 0.05) is 51.2 Å². The number of nitrogens with zero attached hydrogens (tertiary/aromatic N) is 1. The molecule has 286 valence electrons. The molecule has 0 bridgehead atoms. The first-order valence-electron chi connectivity index (χ1n) is 21.2. The number of para-hydroxylation sites is 3. The SMILES string of the molecule is Cc1cc(C)c2c(c1)Nc1ccccc1B2c1cc2c(cc1C)Nc1cc(Nc3ccccc3)cc3c1B2c1cc(Bc2ccccc2C)c(C)cc1N3c1ccccc1. The maximum Gasteiger partial charge on any atom is 0.252 e. The van der Waals surface area contributed by atoms with Gasteiger partial charge in [-0.15, -0.1) is 0 Å². The molecule has 60 heavy (non-hydrogen) atoms. The fourth-order valence-corrected chi connectivity index (χ4v) is 10.3. The number of aryl methyl sites for hydroxylation is 5. The molecule has 0 fully saturated rings. The van der Waals surface area contributed by atoms with Crippen molar-refractivity contribution in [2.24, 2.45) is 0 Å². The van der Waals surface area contributed by atoms with E-state index in [4.69, 9.17) is 0 Å². The summed E-state index contributed by atoms with van der Waals surface area (Å²) in [7, 11) is 0.884. The zero-order valence-electron chi connectivity index (χ0n) is 34.8. The molecule has 3 N–H and O–H groups in total. The van der Waals surface area contributed by atoms with Gasteiger partial charge in [0.05, 0.1) is 0 Å². The molecule has 0 radical (unpaired) electrons. The van der Waals surface area contributed by atoms with Gasteiger partial charge >= 0.3 is 0 Å². The van der Waals surface area contributed by atoms with Crippen LogP contribution in [0.2, 0.25) is 0 Å². The summed E-state index contributed by atoms with van der Waals surface area (Å²) >= 11 is 0. The predicted octanol–water partition coefficient (Wildman–Crippen LogP) is 7.29. The predicted molar refractivity (Wildman–Crippen MR) is 263 cm³/mol. The van der Waals surface area contributed by atoms with E-state index in [0.717, 1.165) is 30.0 Å². The summed E-state index contributed by atoms with van der Waals surface area (Å²) in [4.78, 5) is 2.50. The molecule has 3 aliphatic rings. The quantitative estimate of drug-likeness (QED) is 0.156. The molecule has 0 aromatic heterocycles. The first-order valence-corrected chi connectivity index (χ1v) is 21.2. The van der Waals surface area contributed by atoms with E-state index in [1.807, 2.05) is 0 Å². The van der Waals surface area contributed by atoms with Crippen LogP contribution in [0.5, 0.6) is 0 Å². The Morgan fingerprint density at radius 2 is 1.13 bits per heavy atom. The Labute approximate surface area is 355 Å². The van der Waals surface area contributed by atoms with Crippen LogP contribution < -0.4 is 64.6 Å². The summed E-state index contributed by atoms with van der Waals surface area (Å²) in [6, 6.07) is 58.4. The fraction of sp³-hybridized carbons (Fsp3) is 0.0943. The highest BCUT2D eigenvalue weighted by Crippen LogP contribution is 2.42. The average Bonchev–Trinajstić information content (AvgIpc) is 3.24. The second-order valence-corrected chi connectivity index (χ2v) is 17.1. The van der Waals surface area contributed by atoms with Crippen LogP contribution in [-0.2, 0) is 0 Å². The summed E-state index contributed by atoms with van der Waals surface area (Å²) in [5.74, 6) is 0. The minimum atomic E-state index is -0.00176. The number of fused-ring (bicyclic) bond motifs is 6. The van der Waals surface area contributed by atoms with Gasteiger partial charge in [0.25, 0.3) is 6.71 Å². The second-order valence-electron chi connectivity index (χ2n) is 17.1. The molecule has 8 aromatic rings. The third-order valence-corrected chi connectivity index (χ3v) is 13.1. The maximum atomic E-state index is 4.03. The normalized spacial score (nSPS) is 12.9. The zero-order valence-corrected chi connectivity index (χ0v) is 34.8. The minimum absolute atomic E-state index is 0.00176. The van der Waals surface area contributed by atoms with Crippen molar-refractivity contribution in [1.29, 1.82) is 0 Å². The molecule has 7 heteroatoms. The maximum absolute atomic E-state index is 4.03. The number of rotatable bonds is 6. The van der Waals surface area contributed by atoms with Crippen LogP contribution in [0.3, 0.4) is 0 Å². The van der Waals surface area contributed by atoms with E-state index >= 15 is 0 Å². The Balaban J connectivity index is 1.17. The molecule has 0 saturated heterocycles. The molecular weight excluding hydrogens is 725 g/mol. The van der Waals surface area contributed by atoms with E-state index < -0.39 is 0 Å². The van der Waals surface area contributed by atoms with E-state index in [0.29, 0.717) is 0 Å². The monoisotopic (exact) mass is 770 g/mol. The Bertz CT molecular complexity index is 3020. The van der Waals surface area contributed by atoms with Crippen molar-refractivity contribution < 1.29 is 0 Å². The first kappa shape index (κ1) is 36.3. The minimum Gasteiger partial charge on any atom is -0.356 e. The molecule has 0 aliphatic carbocycles. The molecule has 3 heterocycles. The molecule has 0 amide bonds. The summed E-state index contributed by atoms with van der Waals surface area (Å²) in [5.41, 5.74) is 27.5. The highest BCUT2D eigenvalue weighted by Gasteiger charge is 2.43. The van der Waals surface area contributed by atoms with Gasteiger partial charge in [-0.1, -0.05) is 136 Å². The number of benzene rings is 8. The van der Waals surface area contributed by atoms with Crippen LogP contribution in [0.4, 0.5) is 51.2 Å². The third kappa shape index (κ3) is 5.94. The van der Waals surface area contributed by atoms with Gasteiger partial charge in [0.15, 0.2) is 7.28 Å². The van der Waals surface area contributed by atoms with Gasteiger partial charge in [-0.25, -0.2) is 0 Å². The molecule has 4 nitrogen and oxygen atoms in total. The fourth-order valence-electron chi connectivity index (χ4n) is 10.3. The van der Waals surface area contributed by atoms with Gasteiger partial charge in [0.1, 0.15) is 0 Å². The van der Waals surface area contributed by atoms with Crippen LogP contribution in [0.15, 0.2) is 158 Å². The molecular formula is C53H45B3N4. The number of nitrogens with one attached hydrogen (secondary N) is 3. The summed E-state index contributed by atoms with van der Waals surface area (Å²) < 4.78 is 0. The topological polar surface area (TPSA) is 39.3 Å². The van der Waals surface area contributed by atoms with Crippen LogP contribution in [-0.4, -0.2) is 20.7 Å². The average molecular weight is 770 g/mol. The zero-order chi connectivity index (χ0) is 40.6. The standard InChI is InChI=1S/C53H45B3N4/c1-32-24-36(5)52-48(25-32)58-46-23-15-14-22-42(46)55(52)43-31-44-47(26-35(43)4)59-49-28-38(57-37-17-8-6-9-18-37)29-51-53(49)56(44)45-30-41(54-40-21-13-12-16-33(40)2)34(3)27-50(45)60(51)39-19-10-7-11-20-39/h6-31,54,57-59H,1-5H3. The number of hydrogen-bond donors (Lipinski definition) is 3. The van der Waals surface area contributed by atoms with Crippen molar-refractivity contribution in [1.82, 2.24) is 0 Å². The van der Waals surface area contributed by atoms with E-state index in [1.165, 1.54) is 100.0 Å². The highest BCUT2D eigenvalue weighted by atomic mass is 15.2. The third-order valence-electron chi connectivity index (χ3n) is 13.1. The molecule has 0 spiro atoms. The summed E-state index contributed by atoms with van der Waals surface area (Å²) in [6.45, 7) is 11.4. The first-order chi connectivity index (χ1) is 29.3. The molecule has 11 rings (SSSR count). The lowest BCUT2D eigenvalue weighted by Gasteiger charge is -2.42. The number of anilines is 9. The van der Waals surface area contributed by atoms with Crippen molar-refractivity contribution in [3.63, 3.8) is 0 Å². The van der Waals surface area contributed by atoms with Gasteiger partial charge in [-0.05, 0) is 128 Å². The largest absolute Gasteiger partial charge is 0.356 e. The smallest absolute Gasteiger partial charge is 0.252 e. The van der Waals surface area contributed by atoms with Gasteiger partial charge < -0.3 is 20.9 Å². The van der Waals surface area contributed by atoms with Crippen molar-refractivity contribution in [3.05, 3.63) is 186 Å². The van der Waals surface area contributed by atoms with Crippen LogP contribution in [0.25, 0.3) is 0 Å². The van der Waals surface area contributed by atoms with Gasteiger partial charge in [-0.2, -0.15) is 0 Å². The lowest BCUT2D eigenvalue weighted by molar-refractivity contribution is 1.28. The van der Waals surface area contributed by atoms with E-state index in [1.54, 1.807) is 0 Å². The summed E-state index contributed by atoms with van der Waals surface area (Å²) in [6.07, 6.45) is 0. The Kier molecular flexibility index (Phi) is 8.56. The van der Waals surface area contributed by atoms with E-state index in [9.17, 15) is 0 Å². The lowest BCUT2D eigenvalue weighted by atomic mass is 9.30. The van der Waals surface area contributed by atoms with Crippen molar-refractivity contribution >= 4 is 116 Å². The molecule has 0 atom stereocenters. The Morgan fingerprint density at radius 1 is 0.433 bits per heavy atom. The van der Waals surface area contributed by atoms with Gasteiger partial charge in [0.2, 0.25) is 6.71 Å². The lowest BCUT2D eigenvalue weighted by Crippen LogP contribution is -2.63. The van der Waals surface area contributed by atoms with Crippen LogP contribution in [0.1, 0.15) is 27.8 Å². The molecule has 8 aromatic carbocycles. The molecule has 0 saturated carbocycles.